The largest absolute Gasteiger partial charge is 0.382 e. The summed E-state index contributed by atoms with van der Waals surface area (Å²) in [6.07, 6.45) is 1.60. The predicted molar refractivity (Wildman–Crippen MR) is 85.4 cm³/mol. The van der Waals surface area contributed by atoms with Gasteiger partial charge in [-0.1, -0.05) is 0 Å². The topological polar surface area (TPSA) is 91.5 Å². The second-order valence-corrected chi connectivity index (χ2v) is 5.95. The van der Waals surface area contributed by atoms with Crippen molar-refractivity contribution in [2.45, 2.75) is 31.7 Å². The predicted octanol–water partition coefficient (Wildman–Crippen LogP) is 0.441. The maximum absolute atomic E-state index is 12.9. The molecule has 2 rings (SSSR count). The summed E-state index contributed by atoms with van der Waals surface area (Å²) in [4.78, 5) is 41.1. The van der Waals surface area contributed by atoms with Gasteiger partial charge in [0.05, 0.1) is 18.6 Å². The maximum atomic E-state index is 12.9. The van der Waals surface area contributed by atoms with Crippen LogP contribution in [-0.2, 0) is 9.53 Å². The fraction of sp³-hybridized carbons (Fsp3) is 0.562. The zero-order valence-electron chi connectivity index (χ0n) is 13.8. The molecule has 0 aromatic carbocycles. The third-order valence-electron chi connectivity index (χ3n) is 4.31. The SMILES string of the molecule is CNC(=O)C[C@@]1(COC)CCCN1C(=O)c1ccc(C)[nH]c1=O. The number of pyridine rings is 1. The number of carbonyl (C=O) groups excluding carboxylic acids is 2. The van der Waals surface area contributed by atoms with Crippen molar-refractivity contribution < 1.29 is 14.3 Å². The van der Waals surface area contributed by atoms with E-state index in [1.165, 1.54) is 6.07 Å². The first-order chi connectivity index (χ1) is 10.9. The van der Waals surface area contributed by atoms with Crippen LogP contribution >= 0.6 is 0 Å². The molecule has 0 saturated carbocycles. The van der Waals surface area contributed by atoms with Gasteiger partial charge in [0.25, 0.3) is 11.5 Å². The highest BCUT2D eigenvalue weighted by Gasteiger charge is 2.45. The number of aryl methyl sites for hydroxylation is 1. The highest BCUT2D eigenvalue weighted by atomic mass is 16.5. The average Bonchev–Trinajstić information content (AvgIpc) is 2.90. The number of nitrogens with one attached hydrogen (secondary N) is 2. The number of carbonyl (C=O) groups is 2. The number of likely N-dealkylation sites (tertiary alicyclic amines) is 1. The lowest BCUT2D eigenvalue weighted by molar-refractivity contribution is -0.123. The molecule has 1 aromatic rings. The van der Waals surface area contributed by atoms with Crippen molar-refractivity contribution in [2.75, 3.05) is 27.3 Å². The Balaban J connectivity index is 2.36. The first-order valence-corrected chi connectivity index (χ1v) is 7.65. The normalized spacial score (nSPS) is 20.6. The molecule has 1 aromatic heterocycles. The Morgan fingerprint density at radius 2 is 2.17 bits per heavy atom. The summed E-state index contributed by atoms with van der Waals surface area (Å²) in [5.41, 5.74) is -0.326. The van der Waals surface area contributed by atoms with E-state index < -0.39 is 11.1 Å². The molecule has 2 amide bonds. The smallest absolute Gasteiger partial charge is 0.260 e. The van der Waals surface area contributed by atoms with Crippen molar-refractivity contribution in [3.8, 4) is 0 Å². The molecule has 126 valence electrons. The number of methoxy groups -OCH3 is 1. The standard InChI is InChI=1S/C16H23N3O4/c1-11-5-6-12(14(21)18-11)15(22)19-8-4-7-16(19,10-23-3)9-13(20)17-2/h5-6H,4,7-10H2,1-3H3,(H,17,20)(H,18,21)/t16-/m1/s1. The van der Waals surface area contributed by atoms with E-state index >= 15 is 0 Å². The van der Waals surface area contributed by atoms with Crippen LogP contribution in [0.5, 0.6) is 0 Å². The van der Waals surface area contributed by atoms with E-state index in [1.807, 2.05) is 0 Å². The van der Waals surface area contributed by atoms with Crippen LogP contribution in [0.1, 0.15) is 35.3 Å². The number of rotatable bonds is 5. The first kappa shape index (κ1) is 17.2. The lowest BCUT2D eigenvalue weighted by atomic mass is 9.91. The molecule has 7 heteroatoms. The Morgan fingerprint density at radius 1 is 1.43 bits per heavy atom. The van der Waals surface area contributed by atoms with Gasteiger partial charge in [0.1, 0.15) is 5.56 Å². The van der Waals surface area contributed by atoms with Crippen LogP contribution in [0.25, 0.3) is 0 Å². The molecule has 1 atom stereocenters. The molecule has 2 heterocycles. The molecule has 1 fully saturated rings. The van der Waals surface area contributed by atoms with Gasteiger partial charge in [-0.25, -0.2) is 0 Å². The van der Waals surface area contributed by atoms with E-state index in [9.17, 15) is 14.4 Å². The molecule has 1 saturated heterocycles. The molecule has 2 N–H and O–H groups in total. The van der Waals surface area contributed by atoms with E-state index in [1.54, 1.807) is 32.0 Å². The van der Waals surface area contributed by atoms with E-state index in [2.05, 4.69) is 10.3 Å². The monoisotopic (exact) mass is 321 g/mol. The van der Waals surface area contributed by atoms with E-state index in [4.69, 9.17) is 4.74 Å². The van der Waals surface area contributed by atoms with Crippen molar-refractivity contribution in [3.05, 3.63) is 33.7 Å². The molecule has 0 aliphatic carbocycles. The summed E-state index contributed by atoms with van der Waals surface area (Å²) in [5, 5.41) is 2.59. The fourth-order valence-corrected chi connectivity index (χ4v) is 3.18. The second kappa shape index (κ2) is 6.95. The Labute approximate surface area is 135 Å². The molecule has 0 bridgehead atoms. The minimum Gasteiger partial charge on any atom is -0.382 e. The lowest BCUT2D eigenvalue weighted by Crippen LogP contribution is -2.53. The summed E-state index contributed by atoms with van der Waals surface area (Å²) < 4.78 is 5.28. The zero-order valence-corrected chi connectivity index (χ0v) is 13.8. The van der Waals surface area contributed by atoms with Crippen molar-refractivity contribution >= 4 is 11.8 Å². The van der Waals surface area contributed by atoms with Crippen molar-refractivity contribution in [3.63, 3.8) is 0 Å². The van der Waals surface area contributed by atoms with E-state index in [0.717, 1.165) is 6.42 Å². The van der Waals surface area contributed by atoms with Gasteiger partial charge >= 0.3 is 0 Å². The van der Waals surface area contributed by atoms with Gasteiger partial charge in [-0.2, -0.15) is 0 Å². The molecule has 0 spiro atoms. The Hall–Kier alpha value is -2.15. The Morgan fingerprint density at radius 3 is 2.78 bits per heavy atom. The van der Waals surface area contributed by atoms with Crippen LogP contribution in [0.3, 0.4) is 0 Å². The summed E-state index contributed by atoms with van der Waals surface area (Å²) in [6.45, 7) is 2.52. The summed E-state index contributed by atoms with van der Waals surface area (Å²) in [7, 11) is 3.11. The molecule has 0 unspecified atom stereocenters. The first-order valence-electron chi connectivity index (χ1n) is 7.65. The summed E-state index contributed by atoms with van der Waals surface area (Å²) >= 11 is 0. The van der Waals surface area contributed by atoms with Gasteiger partial charge < -0.3 is 19.9 Å². The molecular formula is C16H23N3O4. The quantitative estimate of drug-likeness (QED) is 0.823. The Kier molecular flexibility index (Phi) is 5.20. The van der Waals surface area contributed by atoms with Gasteiger partial charge in [-0.3, -0.25) is 14.4 Å². The number of aromatic amines is 1. The number of aromatic nitrogens is 1. The van der Waals surface area contributed by atoms with E-state index in [-0.39, 0.29) is 30.4 Å². The van der Waals surface area contributed by atoms with Gasteiger partial charge in [-0.15, -0.1) is 0 Å². The average molecular weight is 321 g/mol. The van der Waals surface area contributed by atoms with Crippen molar-refractivity contribution in [2.24, 2.45) is 0 Å². The molecular weight excluding hydrogens is 298 g/mol. The molecule has 0 radical (unpaired) electrons. The third kappa shape index (κ3) is 3.44. The lowest BCUT2D eigenvalue weighted by Gasteiger charge is -2.37. The number of amides is 2. The van der Waals surface area contributed by atoms with Gasteiger partial charge in [0, 0.05) is 26.4 Å². The fourth-order valence-electron chi connectivity index (χ4n) is 3.18. The number of ether oxygens (including phenoxy) is 1. The van der Waals surface area contributed by atoms with Crippen LogP contribution in [0.15, 0.2) is 16.9 Å². The van der Waals surface area contributed by atoms with Crippen LogP contribution in [0.4, 0.5) is 0 Å². The molecule has 23 heavy (non-hydrogen) atoms. The van der Waals surface area contributed by atoms with E-state index in [0.29, 0.717) is 18.7 Å². The van der Waals surface area contributed by atoms with Crippen LogP contribution in [0.2, 0.25) is 0 Å². The number of hydrogen-bond acceptors (Lipinski definition) is 4. The minimum absolute atomic E-state index is 0.0925. The molecule has 1 aliphatic rings. The molecule has 7 nitrogen and oxygen atoms in total. The summed E-state index contributed by atoms with van der Waals surface area (Å²) in [5.74, 6) is -0.510. The van der Waals surface area contributed by atoms with Crippen LogP contribution in [0, 0.1) is 6.92 Å². The third-order valence-corrected chi connectivity index (χ3v) is 4.31. The number of hydrogen-bond donors (Lipinski definition) is 2. The van der Waals surface area contributed by atoms with Crippen molar-refractivity contribution in [1.82, 2.24) is 15.2 Å². The van der Waals surface area contributed by atoms with Crippen LogP contribution < -0.4 is 10.9 Å². The van der Waals surface area contributed by atoms with Gasteiger partial charge in [0.15, 0.2) is 0 Å². The minimum atomic E-state index is -0.705. The summed E-state index contributed by atoms with van der Waals surface area (Å²) in [6, 6.07) is 3.23. The van der Waals surface area contributed by atoms with Crippen molar-refractivity contribution in [1.29, 1.82) is 0 Å². The number of nitrogens with zero attached hydrogens (tertiary/aromatic N) is 1. The Bertz CT molecular complexity index is 655. The maximum Gasteiger partial charge on any atom is 0.260 e. The second-order valence-electron chi connectivity index (χ2n) is 5.95. The number of H-pyrrole nitrogens is 1. The van der Waals surface area contributed by atoms with Gasteiger partial charge in [-0.05, 0) is 31.9 Å². The highest BCUT2D eigenvalue weighted by Crippen LogP contribution is 2.34. The highest BCUT2D eigenvalue weighted by molar-refractivity contribution is 5.95. The van der Waals surface area contributed by atoms with Gasteiger partial charge in [0.2, 0.25) is 5.91 Å². The molecule has 1 aliphatic heterocycles. The zero-order chi connectivity index (χ0) is 17.0. The van der Waals surface area contributed by atoms with Crippen LogP contribution in [-0.4, -0.2) is 54.5 Å².